The highest BCUT2D eigenvalue weighted by Gasteiger charge is 2.49. The van der Waals surface area contributed by atoms with E-state index in [-0.39, 0.29) is 12.5 Å². The lowest BCUT2D eigenvalue weighted by atomic mass is 9.92. The van der Waals surface area contributed by atoms with Crippen molar-refractivity contribution in [2.75, 3.05) is 39.8 Å². The van der Waals surface area contributed by atoms with Crippen molar-refractivity contribution < 1.29 is 19.1 Å². The van der Waals surface area contributed by atoms with Crippen molar-refractivity contribution in [3.63, 3.8) is 0 Å². The topological polar surface area (TPSA) is 82.2 Å². The minimum Gasteiger partial charge on any atom is -0.497 e. The number of nitrogens with zero attached hydrogens (tertiary/aromatic N) is 3. The quantitative estimate of drug-likeness (QED) is 0.637. The fraction of sp³-hybridized carbons (Fsp3) is 0.400. The minimum atomic E-state index is -1.22. The molecule has 0 bridgehead atoms. The first-order valence-corrected chi connectivity index (χ1v) is 11.7. The average molecular weight is 485 g/mol. The Morgan fingerprint density at radius 2 is 1.74 bits per heavy atom. The number of ether oxygens (including phenoxy) is 1. The maximum absolute atomic E-state index is 13.2. The van der Waals surface area contributed by atoms with Gasteiger partial charge in [-0.2, -0.15) is 0 Å². The number of carbonyl (C=O) groups excluding carboxylic acids is 3. The second kappa shape index (κ2) is 10.0. The Morgan fingerprint density at radius 3 is 2.41 bits per heavy atom. The lowest BCUT2D eigenvalue weighted by Crippen LogP contribution is -2.45. The van der Waals surface area contributed by atoms with Gasteiger partial charge in [0, 0.05) is 37.7 Å². The highest BCUT2D eigenvalue weighted by Crippen LogP contribution is 2.30. The molecule has 0 radical (unpaired) electrons. The van der Waals surface area contributed by atoms with E-state index in [1.807, 2.05) is 24.3 Å². The Bertz CT molecular complexity index is 1060. The monoisotopic (exact) mass is 484 g/mol. The fourth-order valence-electron chi connectivity index (χ4n) is 4.42. The van der Waals surface area contributed by atoms with Crippen molar-refractivity contribution in [2.24, 2.45) is 0 Å². The van der Waals surface area contributed by atoms with Crippen LogP contribution < -0.4 is 10.1 Å². The molecule has 2 aromatic carbocycles. The summed E-state index contributed by atoms with van der Waals surface area (Å²) >= 11 is 5.97. The van der Waals surface area contributed by atoms with E-state index in [1.165, 1.54) is 5.56 Å². The number of rotatable bonds is 6. The second-order valence-electron chi connectivity index (χ2n) is 8.81. The van der Waals surface area contributed by atoms with Gasteiger partial charge < -0.3 is 15.0 Å². The van der Waals surface area contributed by atoms with E-state index in [2.05, 4.69) is 10.2 Å². The van der Waals surface area contributed by atoms with Gasteiger partial charge in [0.15, 0.2) is 0 Å². The van der Waals surface area contributed by atoms with E-state index in [0.717, 1.165) is 31.0 Å². The van der Waals surface area contributed by atoms with Crippen molar-refractivity contribution in [2.45, 2.75) is 25.4 Å². The van der Waals surface area contributed by atoms with Crippen LogP contribution in [-0.2, 0) is 21.7 Å². The normalized spacial score (nSPS) is 21.4. The van der Waals surface area contributed by atoms with Crippen LogP contribution in [0.2, 0.25) is 5.02 Å². The van der Waals surface area contributed by atoms with Crippen LogP contribution in [0.1, 0.15) is 24.5 Å². The SMILES string of the molecule is COc1ccc(C2(C)NC(=O)N(CC(=O)N3CCCN(Cc4ccc(Cl)cc4)CC3)C2=O)cc1. The number of methoxy groups -OCH3 is 1. The molecule has 1 N–H and O–H groups in total. The number of halogens is 1. The van der Waals surface area contributed by atoms with Crippen LogP contribution in [-0.4, -0.2) is 72.4 Å². The zero-order valence-electron chi connectivity index (χ0n) is 19.4. The molecule has 1 unspecified atom stereocenters. The van der Waals surface area contributed by atoms with E-state index in [0.29, 0.717) is 29.4 Å². The lowest BCUT2D eigenvalue weighted by Gasteiger charge is -2.25. The first-order valence-electron chi connectivity index (χ1n) is 11.3. The molecule has 0 spiro atoms. The predicted molar refractivity (Wildman–Crippen MR) is 129 cm³/mol. The molecule has 9 heteroatoms. The van der Waals surface area contributed by atoms with Gasteiger partial charge in [-0.05, 0) is 48.7 Å². The Morgan fingerprint density at radius 1 is 1.03 bits per heavy atom. The number of imide groups is 1. The van der Waals surface area contributed by atoms with Crippen LogP contribution in [0.5, 0.6) is 5.75 Å². The summed E-state index contributed by atoms with van der Waals surface area (Å²) in [5.74, 6) is -0.00606. The minimum absolute atomic E-state index is 0.226. The van der Waals surface area contributed by atoms with Gasteiger partial charge >= 0.3 is 6.03 Å². The molecule has 34 heavy (non-hydrogen) atoms. The summed E-state index contributed by atoms with van der Waals surface area (Å²) in [7, 11) is 1.56. The summed E-state index contributed by atoms with van der Waals surface area (Å²) in [4.78, 5) is 43.9. The molecular formula is C25H29ClN4O4. The third-order valence-electron chi connectivity index (χ3n) is 6.50. The average Bonchev–Trinajstić information content (AvgIpc) is 2.99. The smallest absolute Gasteiger partial charge is 0.325 e. The molecule has 2 aromatic rings. The number of carbonyl (C=O) groups is 3. The van der Waals surface area contributed by atoms with E-state index >= 15 is 0 Å². The molecule has 2 saturated heterocycles. The van der Waals surface area contributed by atoms with Crippen molar-refractivity contribution >= 4 is 29.4 Å². The third kappa shape index (κ3) is 5.03. The van der Waals surface area contributed by atoms with Crippen LogP contribution in [0, 0.1) is 0 Å². The summed E-state index contributed by atoms with van der Waals surface area (Å²) < 4.78 is 5.17. The van der Waals surface area contributed by atoms with Crippen LogP contribution >= 0.6 is 11.6 Å². The molecule has 2 aliphatic rings. The van der Waals surface area contributed by atoms with Gasteiger partial charge in [-0.3, -0.25) is 19.4 Å². The standard InChI is InChI=1S/C25H29ClN4O4/c1-25(19-6-10-21(34-2)11-7-19)23(32)30(24(33)27-25)17-22(31)29-13-3-12-28(14-15-29)16-18-4-8-20(26)9-5-18/h4-11H,3,12-17H2,1-2H3,(H,27,33). The molecule has 180 valence electrons. The first-order chi connectivity index (χ1) is 16.3. The van der Waals surface area contributed by atoms with Crippen molar-refractivity contribution in [3.05, 3.63) is 64.7 Å². The highest BCUT2D eigenvalue weighted by atomic mass is 35.5. The highest BCUT2D eigenvalue weighted by molar-refractivity contribution is 6.30. The number of urea groups is 1. The van der Waals surface area contributed by atoms with Gasteiger partial charge in [-0.25, -0.2) is 4.79 Å². The number of hydrogen-bond acceptors (Lipinski definition) is 5. The maximum Gasteiger partial charge on any atom is 0.325 e. The van der Waals surface area contributed by atoms with E-state index in [1.54, 1.807) is 43.2 Å². The lowest BCUT2D eigenvalue weighted by molar-refractivity contribution is -0.138. The molecule has 0 aliphatic carbocycles. The van der Waals surface area contributed by atoms with Crippen molar-refractivity contribution in [1.29, 1.82) is 0 Å². The van der Waals surface area contributed by atoms with Crippen LogP contribution in [0.15, 0.2) is 48.5 Å². The summed E-state index contributed by atoms with van der Waals surface area (Å²) in [5, 5.41) is 3.46. The fourth-order valence-corrected chi connectivity index (χ4v) is 4.55. The molecule has 4 rings (SSSR count). The Labute approximate surface area is 204 Å². The molecule has 0 saturated carbocycles. The van der Waals surface area contributed by atoms with Gasteiger partial charge in [-0.1, -0.05) is 35.9 Å². The van der Waals surface area contributed by atoms with Crippen molar-refractivity contribution in [3.8, 4) is 5.75 Å². The molecule has 2 aliphatic heterocycles. The molecule has 2 fully saturated rings. The summed E-state index contributed by atoms with van der Waals surface area (Å²) in [5.41, 5.74) is 0.577. The summed E-state index contributed by atoms with van der Waals surface area (Å²) in [6.45, 7) is 4.89. The molecule has 8 nitrogen and oxygen atoms in total. The van der Waals surface area contributed by atoms with Gasteiger partial charge in [0.25, 0.3) is 5.91 Å². The largest absolute Gasteiger partial charge is 0.497 e. The first kappa shape index (κ1) is 24.0. The third-order valence-corrected chi connectivity index (χ3v) is 6.75. The maximum atomic E-state index is 13.2. The Hall–Kier alpha value is -3.10. The van der Waals surface area contributed by atoms with Gasteiger partial charge in [-0.15, -0.1) is 0 Å². The van der Waals surface area contributed by atoms with E-state index in [4.69, 9.17) is 16.3 Å². The number of amides is 4. The molecular weight excluding hydrogens is 456 g/mol. The molecule has 1 atom stereocenters. The van der Waals surface area contributed by atoms with Gasteiger partial charge in [0.1, 0.15) is 17.8 Å². The van der Waals surface area contributed by atoms with Gasteiger partial charge in [0.2, 0.25) is 5.91 Å². The zero-order chi connectivity index (χ0) is 24.3. The predicted octanol–water partition coefficient (Wildman–Crippen LogP) is 2.85. The summed E-state index contributed by atoms with van der Waals surface area (Å²) in [6.07, 6.45) is 0.822. The molecule has 0 aromatic heterocycles. The second-order valence-corrected chi connectivity index (χ2v) is 9.25. The van der Waals surface area contributed by atoms with E-state index in [9.17, 15) is 14.4 Å². The van der Waals surface area contributed by atoms with E-state index < -0.39 is 17.5 Å². The van der Waals surface area contributed by atoms with Crippen molar-refractivity contribution in [1.82, 2.24) is 20.0 Å². The molecule has 4 amide bonds. The number of nitrogens with one attached hydrogen (secondary N) is 1. The summed E-state index contributed by atoms with van der Waals surface area (Å²) in [6, 6.07) is 14.2. The van der Waals surface area contributed by atoms with Gasteiger partial charge in [0.05, 0.1) is 7.11 Å². The zero-order valence-corrected chi connectivity index (χ0v) is 20.2. The Balaban J connectivity index is 1.36. The van der Waals surface area contributed by atoms with Crippen LogP contribution in [0.3, 0.4) is 0 Å². The number of benzene rings is 2. The van der Waals surface area contributed by atoms with Crippen LogP contribution in [0.25, 0.3) is 0 Å². The Kier molecular flexibility index (Phi) is 7.09. The van der Waals surface area contributed by atoms with Crippen LogP contribution in [0.4, 0.5) is 4.79 Å². The molecule has 2 heterocycles. The number of hydrogen-bond donors (Lipinski definition) is 1.